The first kappa shape index (κ1) is 9.95. The number of nitrogens with one attached hydrogen (secondary N) is 1. The third-order valence-corrected chi connectivity index (χ3v) is 4.09. The molecule has 0 saturated carbocycles. The van der Waals surface area contributed by atoms with Crippen LogP contribution in [0, 0.1) is 0 Å². The van der Waals surface area contributed by atoms with Gasteiger partial charge in [-0.05, 0) is 46.6 Å². The highest BCUT2D eigenvalue weighted by Gasteiger charge is 2.20. The van der Waals surface area contributed by atoms with E-state index in [-0.39, 0.29) is 0 Å². The van der Waals surface area contributed by atoms with Crippen molar-refractivity contribution in [1.82, 2.24) is 0 Å². The molecule has 0 atom stereocenters. The van der Waals surface area contributed by atoms with E-state index < -0.39 is 0 Å². The van der Waals surface area contributed by atoms with E-state index in [1.807, 2.05) is 7.05 Å². The van der Waals surface area contributed by atoms with Crippen LogP contribution in [0.3, 0.4) is 0 Å². The Labute approximate surface area is 107 Å². The molecule has 2 aromatic carbocycles. The molecule has 0 heterocycles. The Morgan fingerprint density at radius 1 is 1.06 bits per heavy atom. The minimum Gasteiger partial charge on any atom is -0.388 e. The summed E-state index contributed by atoms with van der Waals surface area (Å²) in [4.78, 5) is 0. The quantitative estimate of drug-likeness (QED) is 0.777. The summed E-state index contributed by atoms with van der Waals surface area (Å²) in [6.07, 6.45) is 9.07. The number of allylic oxidation sites excluding steroid dienone is 3. The Balaban J connectivity index is 2.21. The number of rotatable bonds is 1. The van der Waals surface area contributed by atoms with Gasteiger partial charge in [-0.3, -0.25) is 0 Å². The van der Waals surface area contributed by atoms with Crippen molar-refractivity contribution in [1.29, 1.82) is 0 Å². The van der Waals surface area contributed by atoms with Gasteiger partial charge < -0.3 is 5.32 Å². The maximum atomic E-state index is 3.31. The lowest BCUT2D eigenvalue weighted by atomic mass is 9.81. The van der Waals surface area contributed by atoms with Crippen molar-refractivity contribution in [2.24, 2.45) is 0 Å². The number of anilines is 1. The van der Waals surface area contributed by atoms with Gasteiger partial charge in [-0.2, -0.15) is 0 Å². The van der Waals surface area contributed by atoms with E-state index in [1.54, 1.807) is 0 Å². The van der Waals surface area contributed by atoms with Crippen LogP contribution in [0.25, 0.3) is 22.4 Å². The smallest absolute Gasteiger partial charge is 0.0417 e. The molecule has 0 spiro atoms. The van der Waals surface area contributed by atoms with Crippen LogP contribution in [0.4, 0.5) is 5.69 Å². The molecule has 1 heteroatoms. The molecule has 0 saturated heterocycles. The molecule has 0 aliphatic heterocycles. The van der Waals surface area contributed by atoms with E-state index in [1.165, 1.54) is 38.7 Å². The third kappa shape index (κ3) is 1.16. The lowest BCUT2D eigenvalue weighted by Crippen LogP contribution is -2.04. The summed E-state index contributed by atoms with van der Waals surface area (Å²) in [5.74, 6) is 0. The minimum absolute atomic E-state index is 1.07. The minimum atomic E-state index is 1.07. The summed E-state index contributed by atoms with van der Waals surface area (Å²) in [5.41, 5.74) is 7.02. The van der Waals surface area contributed by atoms with Crippen molar-refractivity contribution in [2.45, 2.75) is 12.8 Å². The molecule has 88 valence electrons. The zero-order chi connectivity index (χ0) is 12.1. The van der Waals surface area contributed by atoms with Gasteiger partial charge in [0, 0.05) is 18.1 Å². The van der Waals surface area contributed by atoms with Gasteiger partial charge in [0.2, 0.25) is 0 Å². The highest BCUT2D eigenvalue weighted by molar-refractivity contribution is 6.07. The summed E-state index contributed by atoms with van der Waals surface area (Å²) < 4.78 is 0. The van der Waals surface area contributed by atoms with E-state index in [9.17, 15) is 0 Å². The maximum Gasteiger partial charge on any atom is 0.0417 e. The van der Waals surface area contributed by atoms with Gasteiger partial charge in [0.1, 0.15) is 0 Å². The predicted molar refractivity (Wildman–Crippen MR) is 78.8 cm³/mol. The van der Waals surface area contributed by atoms with Gasteiger partial charge in [0.25, 0.3) is 0 Å². The standard InChI is InChI=1S/C17H15N/c1-18-15-10-8-13-6-5-11-3-2-4-12-7-9-14(15)17(13)16(11)12/h2,4-5,7-10,18H,3,6H2,1H3. The monoisotopic (exact) mass is 233 g/mol. The Morgan fingerprint density at radius 2 is 2.00 bits per heavy atom. The zero-order valence-corrected chi connectivity index (χ0v) is 10.5. The van der Waals surface area contributed by atoms with Crippen LogP contribution in [-0.4, -0.2) is 7.05 Å². The topological polar surface area (TPSA) is 12.0 Å². The Morgan fingerprint density at radius 3 is 2.89 bits per heavy atom. The predicted octanol–water partition coefficient (Wildman–Crippen LogP) is 4.24. The summed E-state index contributed by atoms with van der Waals surface area (Å²) in [7, 11) is 2.00. The summed E-state index contributed by atoms with van der Waals surface area (Å²) >= 11 is 0. The fourth-order valence-electron chi connectivity index (χ4n) is 3.24. The van der Waals surface area contributed by atoms with Crippen molar-refractivity contribution in [2.75, 3.05) is 12.4 Å². The van der Waals surface area contributed by atoms with Crippen molar-refractivity contribution >= 4 is 28.1 Å². The van der Waals surface area contributed by atoms with Gasteiger partial charge in [0.05, 0.1) is 0 Å². The van der Waals surface area contributed by atoms with Gasteiger partial charge in [0.15, 0.2) is 0 Å². The molecule has 0 aromatic heterocycles. The zero-order valence-electron chi connectivity index (χ0n) is 10.5. The molecule has 1 nitrogen and oxygen atoms in total. The van der Waals surface area contributed by atoms with Crippen molar-refractivity contribution in [3.05, 3.63) is 53.1 Å². The lowest BCUT2D eigenvalue weighted by molar-refractivity contribution is 1.23. The molecule has 4 rings (SSSR count). The summed E-state index contributed by atoms with van der Waals surface area (Å²) in [6.45, 7) is 0. The van der Waals surface area contributed by atoms with Crippen LogP contribution < -0.4 is 5.32 Å². The number of benzene rings is 2. The summed E-state index contributed by atoms with van der Waals surface area (Å²) in [5, 5.41) is 6.12. The van der Waals surface area contributed by atoms with Crippen molar-refractivity contribution < 1.29 is 0 Å². The second-order valence-corrected chi connectivity index (χ2v) is 5.01. The fourth-order valence-corrected chi connectivity index (χ4v) is 3.24. The van der Waals surface area contributed by atoms with E-state index in [0.717, 1.165) is 12.8 Å². The van der Waals surface area contributed by atoms with Crippen LogP contribution in [0.5, 0.6) is 0 Å². The SMILES string of the molecule is CNc1ccc2c3c4c(ccc13)C=CCC4=CC2. The first-order valence-corrected chi connectivity index (χ1v) is 6.51. The second kappa shape index (κ2) is 3.49. The molecule has 0 amide bonds. The van der Waals surface area contributed by atoms with Gasteiger partial charge in [-0.1, -0.05) is 36.4 Å². The van der Waals surface area contributed by atoms with E-state index in [2.05, 4.69) is 47.8 Å². The molecule has 2 aliphatic carbocycles. The van der Waals surface area contributed by atoms with Crippen LogP contribution in [-0.2, 0) is 6.42 Å². The normalized spacial score (nSPS) is 15.7. The van der Waals surface area contributed by atoms with E-state index >= 15 is 0 Å². The molecule has 2 aliphatic rings. The molecular weight excluding hydrogens is 218 g/mol. The van der Waals surface area contributed by atoms with Crippen LogP contribution in [0.15, 0.2) is 36.4 Å². The Hall–Kier alpha value is -2.02. The Bertz CT molecular complexity index is 720. The third-order valence-electron chi connectivity index (χ3n) is 4.09. The van der Waals surface area contributed by atoms with Crippen LogP contribution in [0.1, 0.15) is 23.1 Å². The number of hydrogen-bond acceptors (Lipinski definition) is 1. The molecule has 0 fully saturated rings. The molecule has 0 bridgehead atoms. The van der Waals surface area contributed by atoms with E-state index in [4.69, 9.17) is 0 Å². The lowest BCUT2D eigenvalue weighted by Gasteiger charge is -2.24. The molecule has 2 aromatic rings. The van der Waals surface area contributed by atoms with Gasteiger partial charge >= 0.3 is 0 Å². The van der Waals surface area contributed by atoms with Crippen LogP contribution >= 0.6 is 0 Å². The first-order chi connectivity index (χ1) is 8.88. The van der Waals surface area contributed by atoms with Gasteiger partial charge in [-0.15, -0.1) is 0 Å². The largest absolute Gasteiger partial charge is 0.388 e. The molecule has 18 heavy (non-hydrogen) atoms. The summed E-state index contributed by atoms with van der Waals surface area (Å²) in [6, 6.07) is 8.96. The van der Waals surface area contributed by atoms with Crippen molar-refractivity contribution in [3.63, 3.8) is 0 Å². The van der Waals surface area contributed by atoms with E-state index in [0.29, 0.717) is 0 Å². The maximum absolute atomic E-state index is 3.31. The van der Waals surface area contributed by atoms with Crippen LogP contribution in [0.2, 0.25) is 0 Å². The highest BCUT2D eigenvalue weighted by atomic mass is 14.8. The number of hydrogen-bond donors (Lipinski definition) is 1. The van der Waals surface area contributed by atoms with Crippen molar-refractivity contribution in [3.8, 4) is 0 Å². The fraction of sp³-hybridized carbons (Fsp3) is 0.176. The Kier molecular flexibility index (Phi) is 1.93. The molecule has 1 N–H and O–H groups in total. The molecular formula is C17H15N. The first-order valence-electron chi connectivity index (χ1n) is 6.51. The van der Waals surface area contributed by atoms with Gasteiger partial charge in [-0.25, -0.2) is 0 Å². The average Bonchev–Trinajstić information content (AvgIpc) is 2.44. The molecule has 0 radical (unpaired) electrons. The second-order valence-electron chi connectivity index (χ2n) is 5.01. The average molecular weight is 233 g/mol. The molecule has 0 unspecified atom stereocenters. The highest BCUT2D eigenvalue weighted by Crippen LogP contribution is 2.41.